The zero-order valence-electron chi connectivity index (χ0n) is 16.3. The summed E-state index contributed by atoms with van der Waals surface area (Å²) in [7, 11) is 5.55. The van der Waals surface area contributed by atoms with Crippen LogP contribution in [0.25, 0.3) is 10.9 Å². The average molecular weight is 391 g/mol. The number of hydrogen-bond acceptors (Lipinski definition) is 8. The van der Waals surface area contributed by atoms with Crippen LogP contribution in [0.1, 0.15) is 5.56 Å². The highest BCUT2D eigenvalue weighted by molar-refractivity contribution is 5.92. The Morgan fingerprint density at radius 2 is 2.04 bits per heavy atom. The molecule has 1 fully saturated rings. The monoisotopic (exact) mass is 391 g/mol. The third-order valence-electron chi connectivity index (χ3n) is 4.49. The molecule has 1 N–H and O–H groups in total. The average Bonchev–Trinajstić information content (AvgIpc) is 3.00. The summed E-state index contributed by atoms with van der Waals surface area (Å²) in [6.07, 6.45) is 0.823. The molecule has 0 atom stereocenters. The van der Waals surface area contributed by atoms with Crippen molar-refractivity contribution in [3.05, 3.63) is 30.0 Å². The number of likely N-dealkylation sites (N-methyl/N-ethyl adjacent to an activating group) is 1. The molecule has 3 rings (SSSR count). The second kappa shape index (κ2) is 8.94. The molecule has 152 valence electrons. The van der Waals surface area contributed by atoms with Crippen molar-refractivity contribution in [3.63, 3.8) is 0 Å². The minimum absolute atomic E-state index is 0.191. The lowest BCUT2D eigenvalue weighted by atomic mass is 10.1. The first-order chi connectivity index (χ1) is 13.5. The van der Waals surface area contributed by atoms with Crippen LogP contribution in [0.5, 0.6) is 5.75 Å². The second-order valence-electron chi connectivity index (χ2n) is 6.78. The Balaban J connectivity index is 1.68. The summed E-state index contributed by atoms with van der Waals surface area (Å²) in [6.45, 7) is 1.52. The largest absolute Gasteiger partial charge is 0.511 e. The van der Waals surface area contributed by atoms with E-state index in [0.29, 0.717) is 24.4 Å². The van der Waals surface area contributed by atoms with E-state index in [9.17, 15) is 9.59 Å². The molecule has 0 saturated carbocycles. The number of carbonyl (C=O) groups is 2. The zero-order valence-corrected chi connectivity index (χ0v) is 16.3. The van der Waals surface area contributed by atoms with E-state index in [-0.39, 0.29) is 6.10 Å². The lowest BCUT2D eigenvalue weighted by Crippen LogP contribution is -2.49. The zero-order chi connectivity index (χ0) is 20.1. The van der Waals surface area contributed by atoms with Crippen LogP contribution in [0.2, 0.25) is 0 Å². The summed E-state index contributed by atoms with van der Waals surface area (Å²) >= 11 is 0. The summed E-state index contributed by atoms with van der Waals surface area (Å²) in [5.74, 6) is 0.632. The maximum absolute atomic E-state index is 12.5. The topological polar surface area (TPSA) is 91.3 Å². The number of rotatable bonds is 7. The van der Waals surface area contributed by atoms with Gasteiger partial charge in [0.1, 0.15) is 11.9 Å². The first-order valence-electron chi connectivity index (χ1n) is 9.02. The minimum Gasteiger partial charge on any atom is -0.497 e. The van der Waals surface area contributed by atoms with Crippen LogP contribution < -0.4 is 10.1 Å². The van der Waals surface area contributed by atoms with Crippen LogP contribution in [0.4, 0.5) is 9.59 Å². The molecule has 1 saturated heterocycles. The Morgan fingerprint density at radius 3 is 2.68 bits per heavy atom. The van der Waals surface area contributed by atoms with Gasteiger partial charge in [0.05, 0.1) is 12.6 Å². The van der Waals surface area contributed by atoms with Crippen molar-refractivity contribution >= 4 is 23.2 Å². The predicted molar refractivity (Wildman–Crippen MR) is 102 cm³/mol. The van der Waals surface area contributed by atoms with Crippen LogP contribution in [0.3, 0.4) is 0 Å². The van der Waals surface area contributed by atoms with E-state index in [1.165, 1.54) is 4.57 Å². The van der Waals surface area contributed by atoms with Crippen molar-refractivity contribution in [1.82, 2.24) is 14.8 Å². The van der Waals surface area contributed by atoms with Crippen LogP contribution in [0, 0.1) is 0 Å². The van der Waals surface area contributed by atoms with Gasteiger partial charge in [0, 0.05) is 37.3 Å². The fourth-order valence-electron chi connectivity index (χ4n) is 2.81. The molecular weight excluding hydrogens is 366 g/mol. The molecule has 2 heterocycles. The standard InChI is InChI=1S/C19H25N3O6/c1-21(2)7-6-13-11-22(17-8-14(25-3)4-5-16(13)17)18(23)26-12-27-19(24)28-15-9-20-10-15/h4-5,8,11,15,20H,6-7,9-10,12H2,1-3H3. The molecule has 1 aromatic heterocycles. The normalized spacial score (nSPS) is 14.0. The Bertz CT molecular complexity index is 844. The van der Waals surface area contributed by atoms with E-state index in [1.807, 2.05) is 26.2 Å². The third kappa shape index (κ3) is 4.73. The maximum atomic E-state index is 12.5. The number of ether oxygens (including phenoxy) is 4. The van der Waals surface area contributed by atoms with E-state index in [4.69, 9.17) is 18.9 Å². The second-order valence-corrected chi connectivity index (χ2v) is 6.78. The number of nitrogens with one attached hydrogen (secondary N) is 1. The molecule has 9 nitrogen and oxygen atoms in total. The molecule has 1 aromatic carbocycles. The smallest absolute Gasteiger partial charge is 0.497 e. The number of fused-ring (bicyclic) bond motifs is 1. The molecule has 0 aliphatic carbocycles. The lowest BCUT2D eigenvalue weighted by molar-refractivity contribution is -0.0378. The molecule has 0 spiro atoms. The van der Waals surface area contributed by atoms with Gasteiger partial charge in [-0.1, -0.05) is 0 Å². The molecule has 1 aliphatic heterocycles. The fourth-order valence-corrected chi connectivity index (χ4v) is 2.81. The van der Waals surface area contributed by atoms with Crippen LogP contribution in [0.15, 0.2) is 24.4 Å². The van der Waals surface area contributed by atoms with Gasteiger partial charge in [-0.15, -0.1) is 0 Å². The van der Waals surface area contributed by atoms with Gasteiger partial charge in [-0.3, -0.25) is 4.57 Å². The van der Waals surface area contributed by atoms with E-state index in [0.717, 1.165) is 23.9 Å². The molecule has 28 heavy (non-hydrogen) atoms. The Labute approximate surface area is 163 Å². The molecule has 9 heteroatoms. The molecule has 2 aromatic rings. The predicted octanol–water partition coefficient (Wildman–Crippen LogP) is 1.82. The molecule has 0 unspecified atom stereocenters. The van der Waals surface area contributed by atoms with Crippen molar-refractivity contribution < 1.29 is 28.5 Å². The summed E-state index contributed by atoms with van der Waals surface area (Å²) in [5, 5.41) is 3.92. The highest BCUT2D eigenvalue weighted by Gasteiger charge is 2.22. The van der Waals surface area contributed by atoms with Gasteiger partial charge in [-0.25, -0.2) is 9.59 Å². The van der Waals surface area contributed by atoms with Crippen molar-refractivity contribution in [3.8, 4) is 5.75 Å². The van der Waals surface area contributed by atoms with Crippen LogP contribution >= 0.6 is 0 Å². The van der Waals surface area contributed by atoms with Gasteiger partial charge in [-0.2, -0.15) is 0 Å². The number of hydrogen-bond donors (Lipinski definition) is 1. The number of aromatic nitrogens is 1. The molecular formula is C19H25N3O6. The van der Waals surface area contributed by atoms with Gasteiger partial charge in [0.15, 0.2) is 0 Å². The Hall–Kier alpha value is -2.78. The van der Waals surface area contributed by atoms with Crippen LogP contribution in [-0.4, -0.2) is 75.5 Å². The summed E-state index contributed by atoms with van der Waals surface area (Å²) < 4.78 is 21.5. The SMILES string of the molecule is COc1ccc2c(CCN(C)C)cn(C(=O)OCOC(=O)OC3CNC3)c2c1. The fraction of sp³-hybridized carbons (Fsp3) is 0.474. The summed E-state index contributed by atoms with van der Waals surface area (Å²) in [5.41, 5.74) is 1.68. The first-order valence-corrected chi connectivity index (χ1v) is 9.02. The van der Waals surface area contributed by atoms with Crippen molar-refractivity contribution in [2.75, 3.05) is 47.6 Å². The quantitative estimate of drug-likeness (QED) is 0.565. The molecule has 0 radical (unpaired) electrons. The van der Waals surface area contributed by atoms with E-state index >= 15 is 0 Å². The number of carbonyl (C=O) groups excluding carboxylic acids is 2. The number of methoxy groups -OCH3 is 1. The van der Waals surface area contributed by atoms with Gasteiger partial charge >= 0.3 is 12.2 Å². The Morgan fingerprint density at radius 1 is 1.25 bits per heavy atom. The highest BCUT2D eigenvalue weighted by atomic mass is 16.8. The molecule has 0 amide bonds. The first kappa shape index (κ1) is 20.0. The van der Waals surface area contributed by atoms with Gasteiger partial charge in [0.2, 0.25) is 6.79 Å². The van der Waals surface area contributed by atoms with E-state index < -0.39 is 19.0 Å². The highest BCUT2D eigenvalue weighted by Crippen LogP contribution is 2.26. The number of nitrogens with zero attached hydrogens (tertiary/aromatic N) is 2. The minimum atomic E-state index is -0.856. The molecule has 1 aliphatic rings. The lowest BCUT2D eigenvalue weighted by Gasteiger charge is -2.25. The Kier molecular flexibility index (Phi) is 6.37. The van der Waals surface area contributed by atoms with Gasteiger partial charge < -0.3 is 29.2 Å². The maximum Gasteiger partial charge on any atom is 0.511 e. The third-order valence-corrected chi connectivity index (χ3v) is 4.49. The van der Waals surface area contributed by atoms with Crippen molar-refractivity contribution in [1.29, 1.82) is 0 Å². The summed E-state index contributed by atoms with van der Waals surface area (Å²) in [6, 6.07) is 5.55. The van der Waals surface area contributed by atoms with Gasteiger partial charge in [0.25, 0.3) is 0 Å². The van der Waals surface area contributed by atoms with Crippen LogP contribution in [-0.2, 0) is 20.6 Å². The van der Waals surface area contributed by atoms with Crippen molar-refractivity contribution in [2.24, 2.45) is 0 Å². The van der Waals surface area contributed by atoms with E-state index in [1.54, 1.807) is 19.4 Å². The summed E-state index contributed by atoms with van der Waals surface area (Å²) in [4.78, 5) is 26.1. The van der Waals surface area contributed by atoms with Gasteiger partial charge in [-0.05, 0) is 38.2 Å². The van der Waals surface area contributed by atoms with Crippen molar-refractivity contribution in [2.45, 2.75) is 12.5 Å². The van der Waals surface area contributed by atoms with E-state index in [2.05, 4.69) is 10.2 Å². The number of benzene rings is 1. The molecule has 0 bridgehead atoms.